The third-order valence-electron chi connectivity index (χ3n) is 3.87. The van der Waals surface area contributed by atoms with E-state index in [0.717, 1.165) is 0 Å². The molecule has 0 aliphatic rings. The first kappa shape index (κ1) is 23.6. The fraction of sp³-hybridized carbons (Fsp3) is 0.611. The van der Waals surface area contributed by atoms with Crippen LogP contribution < -0.4 is 10.0 Å². The van der Waals surface area contributed by atoms with Gasteiger partial charge in [-0.2, -0.15) is 13.2 Å². The van der Waals surface area contributed by atoms with Gasteiger partial charge in [-0.3, -0.25) is 5.32 Å². The molecule has 0 saturated heterocycles. The molecule has 0 spiro atoms. The second-order valence-corrected chi connectivity index (χ2v) is 10.4. The maximum atomic E-state index is 13.8. The van der Waals surface area contributed by atoms with Crippen molar-refractivity contribution in [3.8, 4) is 0 Å². The van der Waals surface area contributed by atoms with Gasteiger partial charge < -0.3 is 9.66 Å². The van der Waals surface area contributed by atoms with Crippen LogP contribution in [-0.2, 0) is 23.0 Å². The molecule has 1 unspecified atom stereocenters. The quantitative estimate of drug-likeness (QED) is 0.598. The van der Waals surface area contributed by atoms with Gasteiger partial charge in [0.05, 0.1) is 17.3 Å². The Morgan fingerprint density at radius 3 is 2.04 bits per heavy atom. The Hall–Kier alpha value is -1.45. The van der Waals surface area contributed by atoms with Gasteiger partial charge in [-0.25, -0.2) is 4.79 Å². The number of hydrogen-bond donors (Lipinski definition) is 3. The monoisotopic (exact) mass is 408 g/mol. The maximum absolute atomic E-state index is 13.8. The molecule has 1 amide bonds. The van der Waals surface area contributed by atoms with E-state index >= 15 is 0 Å². The largest absolute Gasteiger partial charge is 0.598 e. The lowest BCUT2D eigenvalue weighted by Crippen LogP contribution is -2.41. The maximum Gasteiger partial charge on any atom is 0.418 e. The van der Waals surface area contributed by atoms with E-state index < -0.39 is 51.1 Å². The molecule has 0 fully saturated rings. The van der Waals surface area contributed by atoms with Crippen LogP contribution in [0.2, 0.25) is 0 Å². The van der Waals surface area contributed by atoms with E-state index in [2.05, 4.69) is 4.72 Å². The zero-order valence-electron chi connectivity index (χ0n) is 16.5. The van der Waals surface area contributed by atoms with E-state index in [-0.39, 0.29) is 5.56 Å². The minimum Gasteiger partial charge on any atom is -0.598 e. The van der Waals surface area contributed by atoms with Crippen LogP contribution in [0.15, 0.2) is 12.1 Å². The predicted octanol–water partition coefficient (Wildman–Crippen LogP) is 5.21. The van der Waals surface area contributed by atoms with Crippen molar-refractivity contribution < 1.29 is 27.6 Å². The molecule has 1 rings (SSSR count). The van der Waals surface area contributed by atoms with E-state index in [1.54, 1.807) is 20.8 Å². The van der Waals surface area contributed by atoms with Gasteiger partial charge in [0.1, 0.15) is 4.75 Å². The predicted molar refractivity (Wildman–Crippen MR) is 101 cm³/mol. The van der Waals surface area contributed by atoms with Gasteiger partial charge in [-0.1, -0.05) is 26.8 Å². The van der Waals surface area contributed by atoms with Gasteiger partial charge in [0.2, 0.25) is 0 Å². The topological polar surface area (TPSA) is 84.4 Å². The fourth-order valence-corrected chi connectivity index (χ4v) is 3.17. The summed E-state index contributed by atoms with van der Waals surface area (Å²) in [5.74, 6) is 0. The number of halogens is 3. The van der Waals surface area contributed by atoms with E-state index in [4.69, 9.17) is 5.11 Å². The molecule has 1 aromatic rings. The zero-order chi connectivity index (χ0) is 21.4. The van der Waals surface area contributed by atoms with Crippen molar-refractivity contribution in [2.24, 2.45) is 0 Å². The number of carboxylic acid groups (broad SMARTS) is 1. The Bertz CT molecular complexity index is 695. The van der Waals surface area contributed by atoms with Gasteiger partial charge >= 0.3 is 12.3 Å². The van der Waals surface area contributed by atoms with E-state index in [9.17, 15) is 22.5 Å². The van der Waals surface area contributed by atoms with Crippen LogP contribution in [0.1, 0.15) is 71.2 Å². The van der Waals surface area contributed by atoms with Crippen molar-refractivity contribution in [2.75, 3.05) is 5.32 Å². The van der Waals surface area contributed by atoms with E-state index in [1.165, 1.54) is 19.1 Å². The zero-order valence-corrected chi connectivity index (χ0v) is 17.4. The van der Waals surface area contributed by atoms with E-state index in [1.807, 2.05) is 26.1 Å². The lowest BCUT2D eigenvalue weighted by molar-refractivity contribution is -0.137. The molecule has 0 aliphatic carbocycles. The first-order chi connectivity index (χ1) is 11.9. The first-order valence-electron chi connectivity index (χ1n) is 8.38. The number of benzene rings is 1. The molecule has 154 valence electrons. The SMILES string of the molecule is C[C@@H](N[S+]([O-])C(C)(C)C)c1cc(C(C)(C)C)cc(NC(=O)O)c1C(F)(F)F. The van der Waals surface area contributed by atoms with Crippen LogP contribution in [0.4, 0.5) is 23.7 Å². The number of alkyl halides is 3. The smallest absolute Gasteiger partial charge is 0.418 e. The standard InChI is InChI=1S/C18H27F3N2O3S/c1-10(23-27(26)17(5,6)7)12-8-11(16(2,3)4)9-13(22-15(24)25)14(12)18(19,20)21/h8-10,22-23H,1-7H3,(H,24,25)/t10-,27?/m1/s1. The average Bonchev–Trinajstić information content (AvgIpc) is 2.42. The Balaban J connectivity index is 3.65. The summed E-state index contributed by atoms with van der Waals surface area (Å²) in [7, 11) is 0. The molecule has 27 heavy (non-hydrogen) atoms. The molecule has 0 radical (unpaired) electrons. The van der Waals surface area contributed by atoms with Crippen molar-refractivity contribution in [1.29, 1.82) is 0 Å². The fourth-order valence-electron chi connectivity index (χ4n) is 2.37. The van der Waals surface area contributed by atoms with Gasteiger partial charge in [0, 0.05) is 11.4 Å². The number of rotatable bonds is 4. The number of carbonyl (C=O) groups is 1. The van der Waals surface area contributed by atoms with Crippen LogP contribution in [0.3, 0.4) is 0 Å². The summed E-state index contributed by atoms with van der Waals surface area (Å²) in [6.45, 7) is 12.0. The lowest BCUT2D eigenvalue weighted by atomic mass is 9.83. The number of anilines is 1. The van der Waals surface area contributed by atoms with Crippen LogP contribution in [0.5, 0.6) is 0 Å². The number of hydrogen-bond acceptors (Lipinski definition) is 3. The Morgan fingerprint density at radius 2 is 1.67 bits per heavy atom. The molecule has 0 aromatic heterocycles. The molecule has 5 nitrogen and oxygen atoms in total. The summed E-state index contributed by atoms with van der Waals surface area (Å²) >= 11 is -1.60. The Labute approximate surface area is 161 Å². The first-order valence-corrected chi connectivity index (χ1v) is 9.53. The highest BCUT2D eigenvalue weighted by atomic mass is 32.2. The molecule has 2 atom stereocenters. The summed E-state index contributed by atoms with van der Waals surface area (Å²) in [5.41, 5.74) is -1.76. The molecular formula is C18H27F3N2O3S. The van der Waals surface area contributed by atoms with Gasteiger partial charge in [0.15, 0.2) is 0 Å². The van der Waals surface area contributed by atoms with Crippen molar-refractivity contribution in [3.05, 3.63) is 28.8 Å². The summed E-state index contributed by atoms with van der Waals surface area (Å²) < 4.78 is 55.7. The third kappa shape index (κ3) is 6.29. The molecule has 3 N–H and O–H groups in total. The third-order valence-corrected chi connectivity index (χ3v) is 5.55. The highest BCUT2D eigenvalue weighted by molar-refractivity contribution is 7.90. The molecular weight excluding hydrogens is 381 g/mol. The minimum absolute atomic E-state index is 0.156. The Morgan fingerprint density at radius 1 is 1.15 bits per heavy atom. The van der Waals surface area contributed by atoms with Crippen molar-refractivity contribution in [2.45, 2.75) is 70.8 Å². The van der Waals surface area contributed by atoms with Crippen LogP contribution in [0, 0.1) is 0 Å². The molecule has 0 bridgehead atoms. The molecule has 0 heterocycles. The summed E-state index contributed by atoms with van der Waals surface area (Å²) in [5, 5.41) is 10.9. The van der Waals surface area contributed by atoms with Crippen LogP contribution in [-0.4, -0.2) is 20.5 Å². The molecule has 0 saturated carbocycles. The second-order valence-electron chi connectivity index (χ2n) is 8.39. The molecule has 9 heteroatoms. The highest BCUT2D eigenvalue weighted by Crippen LogP contribution is 2.42. The lowest BCUT2D eigenvalue weighted by Gasteiger charge is -2.30. The summed E-state index contributed by atoms with van der Waals surface area (Å²) in [6.07, 6.45) is -6.38. The number of nitrogens with one attached hydrogen (secondary N) is 2. The normalized spacial score (nSPS) is 15.4. The van der Waals surface area contributed by atoms with Crippen molar-refractivity contribution in [3.63, 3.8) is 0 Å². The summed E-state index contributed by atoms with van der Waals surface area (Å²) in [4.78, 5) is 11.1. The van der Waals surface area contributed by atoms with Crippen molar-refractivity contribution in [1.82, 2.24) is 4.72 Å². The van der Waals surface area contributed by atoms with E-state index in [0.29, 0.717) is 5.56 Å². The molecule has 0 aliphatic heterocycles. The summed E-state index contributed by atoms with van der Waals surface area (Å²) in [6, 6.07) is 1.68. The van der Waals surface area contributed by atoms with Gasteiger partial charge in [-0.05, 0) is 50.3 Å². The molecule has 1 aromatic carbocycles. The second kappa shape index (κ2) is 7.89. The van der Waals surface area contributed by atoms with Crippen LogP contribution >= 0.6 is 0 Å². The Kier molecular flexibility index (Phi) is 6.89. The average molecular weight is 408 g/mol. The minimum atomic E-state index is -4.79. The highest BCUT2D eigenvalue weighted by Gasteiger charge is 2.40. The number of amides is 1. The van der Waals surface area contributed by atoms with Gasteiger partial charge in [-0.15, -0.1) is 4.72 Å². The van der Waals surface area contributed by atoms with Crippen molar-refractivity contribution >= 4 is 23.1 Å². The van der Waals surface area contributed by atoms with Gasteiger partial charge in [0.25, 0.3) is 0 Å². The van der Waals surface area contributed by atoms with Crippen LogP contribution in [0.25, 0.3) is 0 Å².